The molecule has 0 amide bonds. The van der Waals surface area contributed by atoms with Gasteiger partial charge in [-0.3, -0.25) is 0 Å². The Balaban J connectivity index is 3.42. The second-order valence-electron chi connectivity index (χ2n) is 2.47. The lowest BCUT2D eigenvalue weighted by molar-refractivity contribution is 0.565. The van der Waals surface area contributed by atoms with Crippen LogP contribution in [0.4, 0.5) is 11.4 Å². The third kappa shape index (κ3) is 2.75. The predicted octanol–water partition coefficient (Wildman–Crippen LogP) is 3.01. The van der Waals surface area contributed by atoms with Crippen molar-refractivity contribution in [2.24, 2.45) is 9.98 Å². The fourth-order valence-corrected chi connectivity index (χ4v) is 1.43. The fraction of sp³-hybridized carbons (Fsp3) is 0.111. The van der Waals surface area contributed by atoms with Gasteiger partial charge in [0, 0.05) is 5.88 Å². The summed E-state index contributed by atoms with van der Waals surface area (Å²) in [6.45, 7) is 0. The van der Waals surface area contributed by atoms with E-state index in [9.17, 15) is 9.59 Å². The van der Waals surface area contributed by atoms with E-state index in [1.54, 1.807) is 0 Å². The van der Waals surface area contributed by atoms with Gasteiger partial charge in [0.2, 0.25) is 12.2 Å². The van der Waals surface area contributed by atoms with Crippen LogP contribution in [0.15, 0.2) is 22.1 Å². The Morgan fingerprint density at radius 1 is 1.13 bits per heavy atom. The smallest absolute Gasteiger partial charge is 0.211 e. The number of hydrogen-bond donors (Lipinski definition) is 0. The summed E-state index contributed by atoms with van der Waals surface area (Å²) >= 11 is 11.4. The molecule has 0 unspecified atom stereocenters. The van der Waals surface area contributed by atoms with Crippen molar-refractivity contribution in [3.8, 4) is 0 Å². The van der Waals surface area contributed by atoms with Gasteiger partial charge in [0.15, 0.2) is 0 Å². The van der Waals surface area contributed by atoms with Gasteiger partial charge in [0.25, 0.3) is 0 Å². The lowest BCUT2D eigenvalue weighted by atomic mass is 10.2. The lowest BCUT2D eigenvalue weighted by Crippen LogP contribution is -1.80. The molecule has 15 heavy (non-hydrogen) atoms. The number of benzene rings is 1. The zero-order valence-corrected chi connectivity index (χ0v) is 8.84. The molecule has 0 saturated heterocycles. The molecule has 0 aromatic heterocycles. The maximum Gasteiger partial charge on any atom is 0.240 e. The molecule has 0 fully saturated rings. The van der Waals surface area contributed by atoms with Crippen molar-refractivity contribution in [2.75, 3.05) is 0 Å². The van der Waals surface area contributed by atoms with Crippen molar-refractivity contribution in [2.45, 2.75) is 5.88 Å². The Bertz CT molecular complexity index is 475. The van der Waals surface area contributed by atoms with Crippen molar-refractivity contribution in [1.29, 1.82) is 0 Å². The normalized spacial score (nSPS) is 8.93. The minimum atomic E-state index is 0.144. The van der Waals surface area contributed by atoms with E-state index in [0.717, 1.165) is 0 Å². The first kappa shape index (κ1) is 11.6. The molecule has 0 heterocycles. The Hall–Kier alpha value is -1.44. The van der Waals surface area contributed by atoms with Crippen LogP contribution in [0.1, 0.15) is 5.56 Å². The SMILES string of the molecule is O=C=Nc1cc(N=C=O)c(CCl)cc1Cl. The van der Waals surface area contributed by atoms with Crippen LogP contribution in [-0.2, 0) is 15.5 Å². The van der Waals surface area contributed by atoms with Crippen molar-refractivity contribution < 1.29 is 9.59 Å². The molecule has 1 aromatic carbocycles. The molecule has 1 aromatic rings. The molecule has 0 atom stereocenters. The summed E-state index contributed by atoms with van der Waals surface area (Å²) in [5.41, 5.74) is 1.04. The molecular weight excluding hydrogens is 239 g/mol. The van der Waals surface area contributed by atoms with E-state index in [1.165, 1.54) is 24.3 Å². The molecule has 0 aliphatic heterocycles. The molecule has 0 spiro atoms. The third-order valence-corrected chi connectivity index (χ3v) is 2.21. The van der Waals surface area contributed by atoms with Crippen molar-refractivity contribution >= 4 is 46.7 Å². The van der Waals surface area contributed by atoms with Crippen LogP contribution in [0.5, 0.6) is 0 Å². The largest absolute Gasteiger partial charge is 0.240 e. The first-order valence-electron chi connectivity index (χ1n) is 3.77. The van der Waals surface area contributed by atoms with Gasteiger partial charge in [-0.05, 0) is 17.7 Å². The molecule has 0 bridgehead atoms. The van der Waals surface area contributed by atoms with Crippen LogP contribution >= 0.6 is 23.2 Å². The van der Waals surface area contributed by atoms with Crippen LogP contribution in [0.2, 0.25) is 5.02 Å². The molecule has 6 heteroatoms. The van der Waals surface area contributed by atoms with Crippen molar-refractivity contribution in [3.63, 3.8) is 0 Å². The van der Waals surface area contributed by atoms with Gasteiger partial charge in [-0.1, -0.05) is 11.6 Å². The van der Waals surface area contributed by atoms with E-state index in [2.05, 4.69) is 9.98 Å². The number of isocyanates is 2. The highest BCUT2D eigenvalue weighted by Crippen LogP contribution is 2.33. The molecule has 4 nitrogen and oxygen atoms in total. The second-order valence-corrected chi connectivity index (χ2v) is 3.15. The van der Waals surface area contributed by atoms with Crippen LogP contribution in [0.3, 0.4) is 0 Å². The van der Waals surface area contributed by atoms with Crippen LogP contribution < -0.4 is 0 Å². The molecule has 0 radical (unpaired) electrons. The minimum absolute atomic E-state index is 0.144. The summed E-state index contributed by atoms with van der Waals surface area (Å²) in [7, 11) is 0. The summed E-state index contributed by atoms with van der Waals surface area (Å²) < 4.78 is 0. The fourth-order valence-electron chi connectivity index (χ4n) is 0.987. The molecule has 1 rings (SSSR count). The number of halogens is 2. The van der Waals surface area contributed by atoms with E-state index in [0.29, 0.717) is 11.3 Å². The van der Waals surface area contributed by atoms with Gasteiger partial charge in [-0.25, -0.2) is 9.59 Å². The number of nitrogens with zero attached hydrogens (tertiary/aromatic N) is 2. The first-order chi connectivity index (χ1) is 7.22. The quantitative estimate of drug-likeness (QED) is 0.465. The van der Waals surface area contributed by atoms with E-state index in [4.69, 9.17) is 23.2 Å². The number of rotatable bonds is 3. The lowest BCUT2D eigenvalue weighted by Gasteiger charge is -2.03. The van der Waals surface area contributed by atoms with Crippen LogP contribution in [0, 0.1) is 0 Å². The first-order valence-corrected chi connectivity index (χ1v) is 4.68. The van der Waals surface area contributed by atoms with E-state index in [1.807, 2.05) is 0 Å². The van der Waals surface area contributed by atoms with Gasteiger partial charge in [-0.2, -0.15) is 9.98 Å². The van der Waals surface area contributed by atoms with Crippen molar-refractivity contribution in [1.82, 2.24) is 0 Å². The summed E-state index contributed by atoms with van der Waals surface area (Å²) in [6.07, 6.45) is 2.73. The molecule has 0 aliphatic carbocycles. The number of hydrogen-bond acceptors (Lipinski definition) is 4. The van der Waals surface area contributed by atoms with E-state index >= 15 is 0 Å². The van der Waals surface area contributed by atoms with E-state index in [-0.39, 0.29) is 16.6 Å². The highest BCUT2D eigenvalue weighted by atomic mass is 35.5. The Morgan fingerprint density at radius 3 is 2.27 bits per heavy atom. The van der Waals surface area contributed by atoms with Gasteiger partial charge < -0.3 is 0 Å². The summed E-state index contributed by atoms with van der Waals surface area (Å²) in [4.78, 5) is 27.0. The average molecular weight is 243 g/mol. The van der Waals surface area contributed by atoms with Crippen LogP contribution in [-0.4, -0.2) is 12.2 Å². The van der Waals surface area contributed by atoms with E-state index < -0.39 is 0 Å². The minimum Gasteiger partial charge on any atom is -0.211 e. The highest BCUT2D eigenvalue weighted by molar-refractivity contribution is 6.33. The standard InChI is InChI=1S/C9H4Cl2N2O2/c10-3-6-1-7(11)9(13-5-15)2-8(6)12-4-14/h1-2H,3H2. The maximum atomic E-state index is 10.1. The zero-order chi connectivity index (χ0) is 11.3. The summed E-state index contributed by atoms with van der Waals surface area (Å²) in [6, 6.07) is 2.86. The monoisotopic (exact) mass is 242 g/mol. The summed E-state index contributed by atoms with van der Waals surface area (Å²) in [5, 5.41) is 0.249. The molecule has 76 valence electrons. The zero-order valence-electron chi connectivity index (χ0n) is 7.33. The van der Waals surface area contributed by atoms with Gasteiger partial charge >= 0.3 is 0 Å². The third-order valence-electron chi connectivity index (χ3n) is 1.62. The van der Waals surface area contributed by atoms with Gasteiger partial charge in [-0.15, -0.1) is 11.6 Å². The number of aliphatic imine (C=N–C) groups is 2. The Labute approximate surface area is 95.2 Å². The number of carbonyl (C=O) groups excluding carboxylic acids is 2. The molecular formula is C9H4Cl2N2O2. The number of alkyl halides is 1. The highest BCUT2D eigenvalue weighted by Gasteiger charge is 2.07. The predicted molar refractivity (Wildman–Crippen MR) is 56.6 cm³/mol. The Morgan fingerprint density at radius 2 is 1.73 bits per heavy atom. The Kier molecular flexibility index (Phi) is 4.22. The summed E-state index contributed by atoms with van der Waals surface area (Å²) in [5.74, 6) is 0.144. The van der Waals surface area contributed by atoms with Crippen LogP contribution in [0.25, 0.3) is 0 Å². The van der Waals surface area contributed by atoms with Crippen molar-refractivity contribution in [3.05, 3.63) is 22.7 Å². The molecule has 0 N–H and O–H groups in total. The second kappa shape index (κ2) is 5.44. The molecule has 0 saturated carbocycles. The van der Waals surface area contributed by atoms with Gasteiger partial charge in [0.1, 0.15) is 0 Å². The molecule has 0 aliphatic rings. The topological polar surface area (TPSA) is 58.9 Å². The average Bonchev–Trinajstić information content (AvgIpc) is 2.23. The van der Waals surface area contributed by atoms with Gasteiger partial charge in [0.05, 0.1) is 16.4 Å². The maximum absolute atomic E-state index is 10.1.